The van der Waals surface area contributed by atoms with Gasteiger partial charge in [0.1, 0.15) is 0 Å². The minimum Gasteiger partial charge on any atom is -0.309 e. The van der Waals surface area contributed by atoms with Crippen molar-refractivity contribution in [1.82, 2.24) is 9.13 Å². The van der Waals surface area contributed by atoms with Crippen LogP contribution in [-0.4, -0.2) is 9.13 Å². The molecule has 2 aromatic heterocycles. The van der Waals surface area contributed by atoms with Gasteiger partial charge in [-0.2, -0.15) is 0 Å². The highest BCUT2D eigenvalue weighted by Gasteiger charge is 2.20. The summed E-state index contributed by atoms with van der Waals surface area (Å²) in [5.41, 5.74) is 14.7. The number of hydrogen-bond acceptors (Lipinski definition) is 0. The van der Waals surface area contributed by atoms with E-state index in [1.54, 1.807) is 0 Å². The van der Waals surface area contributed by atoms with Crippen LogP contribution in [0.5, 0.6) is 0 Å². The van der Waals surface area contributed by atoms with Gasteiger partial charge in [-0.05, 0) is 94.8 Å². The van der Waals surface area contributed by atoms with Crippen molar-refractivity contribution in [2.24, 2.45) is 0 Å². The first-order chi connectivity index (χ1) is 24.8. The highest BCUT2D eigenvalue weighted by Crippen LogP contribution is 2.42. The van der Waals surface area contributed by atoms with Gasteiger partial charge in [0.25, 0.3) is 0 Å². The Kier molecular flexibility index (Phi) is 6.67. The molecule has 0 unspecified atom stereocenters. The van der Waals surface area contributed by atoms with Gasteiger partial charge >= 0.3 is 0 Å². The highest BCUT2D eigenvalue weighted by molar-refractivity contribution is 6.28. The van der Waals surface area contributed by atoms with Crippen molar-refractivity contribution in [3.8, 4) is 33.6 Å². The molecule has 50 heavy (non-hydrogen) atoms. The summed E-state index contributed by atoms with van der Waals surface area (Å²) < 4.78 is 4.87. The topological polar surface area (TPSA) is 9.86 Å². The second kappa shape index (κ2) is 11.6. The number of rotatable bonds is 5. The lowest BCUT2D eigenvalue weighted by Gasteiger charge is -2.12. The van der Waals surface area contributed by atoms with Crippen molar-refractivity contribution in [2.45, 2.75) is 12.8 Å². The quantitative estimate of drug-likeness (QED) is 0.178. The Labute approximate surface area is 291 Å². The zero-order valence-corrected chi connectivity index (χ0v) is 27.6. The molecule has 10 rings (SSSR count). The number of hydrogen-bond donors (Lipinski definition) is 0. The van der Waals surface area contributed by atoms with Gasteiger partial charge in [-0.25, -0.2) is 0 Å². The van der Waals surface area contributed by atoms with Crippen LogP contribution >= 0.6 is 0 Å². The van der Waals surface area contributed by atoms with E-state index < -0.39 is 0 Å². The number of para-hydroxylation sites is 2. The first-order valence-corrected chi connectivity index (χ1v) is 17.5. The summed E-state index contributed by atoms with van der Waals surface area (Å²) in [5.74, 6) is 0. The molecule has 2 heteroatoms. The number of allylic oxidation sites excluding steroid dienone is 4. The van der Waals surface area contributed by atoms with E-state index in [2.05, 4.69) is 191 Å². The molecule has 0 amide bonds. The maximum atomic E-state index is 2.44. The van der Waals surface area contributed by atoms with Gasteiger partial charge < -0.3 is 9.13 Å². The molecule has 0 saturated heterocycles. The van der Waals surface area contributed by atoms with Crippen LogP contribution in [0.25, 0.3) is 82.8 Å². The molecular weight excluding hydrogens is 605 g/mol. The summed E-state index contributed by atoms with van der Waals surface area (Å²) in [6.07, 6.45) is 9.11. The van der Waals surface area contributed by atoms with Crippen molar-refractivity contribution >= 4 is 49.2 Å². The first kappa shape index (κ1) is 28.6. The molecule has 0 spiro atoms. The van der Waals surface area contributed by atoms with Crippen LogP contribution in [-0.2, 0) is 0 Å². The first-order valence-electron chi connectivity index (χ1n) is 17.5. The van der Waals surface area contributed by atoms with Gasteiger partial charge in [-0.3, -0.25) is 0 Å². The van der Waals surface area contributed by atoms with Crippen LogP contribution < -0.4 is 0 Å². The Morgan fingerprint density at radius 2 is 0.900 bits per heavy atom. The zero-order chi connectivity index (χ0) is 33.0. The maximum absolute atomic E-state index is 2.44. The van der Waals surface area contributed by atoms with E-state index in [1.165, 1.54) is 77.0 Å². The number of aromatic nitrogens is 2. The normalized spacial score (nSPS) is 13.1. The van der Waals surface area contributed by atoms with Crippen molar-refractivity contribution in [3.63, 3.8) is 0 Å². The molecule has 236 valence electrons. The Morgan fingerprint density at radius 3 is 1.56 bits per heavy atom. The highest BCUT2D eigenvalue weighted by atomic mass is 15.0. The average Bonchev–Trinajstić information content (AvgIpc) is 3.72. The van der Waals surface area contributed by atoms with Crippen LogP contribution in [0.3, 0.4) is 0 Å². The van der Waals surface area contributed by atoms with Crippen LogP contribution in [0.1, 0.15) is 18.4 Å². The molecule has 0 aliphatic heterocycles. The van der Waals surface area contributed by atoms with E-state index >= 15 is 0 Å². The predicted molar refractivity (Wildman–Crippen MR) is 212 cm³/mol. The molecule has 0 radical (unpaired) electrons. The predicted octanol–water partition coefficient (Wildman–Crippen LogP) is 12.9. The van der Waals surface area contributed by atoms with Gasteiger partial charge in [-0.15, -0.1) is 0 Å². The largest absolute Gasteiger partial charge is 0.309 e. The van der Waals surface area contributed by atoms with Crippen molar-refractivity contribution in [2.75, 3.05) is 0 Å². The smallest absolute Gasteiger partial charge is 0.0548 e. The lowest BCUT2D eigenvalue weighted by atomic mass is 9.97. The molecule has 1 aliphatic rings. The number of benzene rings is 7. The summed E-state index contributed by atoms with van der Waals surface area (Å²) >= 11 is 0. The third-order valence-corrected chi connectivity index (χ3v) is 10.4. The minimum absolute atomic E-state index is 1.11. The molecule has 0 saturated carbocycles. The summed E-state index contributed by atoms with van der Waals surface area (Å²) in [5, 5.41) is 5.11. The third-order valence-electron chi connectivity index (χ3n) is 10.4. The molecule has 0 N–H and O–H groups in total. The summed E-state index contributed by atoms with van der Waals surface area (Å²) in [7, 11) is 0. The van der Waals surface area contributed by atoms with E-state index in [0.717, 1.165) is 24.2 Å². The lowest BCUT2D eigenvalue weighted by Crippen LogP contribution is -1.95. The SMILES string of the molecule is C1=CC(c2ccc(-c3cccc(-n4c5ccccc5c5c6c7ccccc7n(-c7ccc(-c8ccccc8)cc7)c6ccc54)c3)cc2)=CCC1. The second-order valence-electron chi connectivity index (χ2n) is 13.2. The molecule has 1 aliphatic carbocycles. The van der Waals surface area contributed by atoms with Crippen molar-refractivity contribution < 1.29 is 0 Å². The Morgan fingerprint density at radius 1 is 0.360 bits per heavy atom. The van der Waals surface area contributed by atoms with E-state index in [1.807, 2.05) is 0 Å². The third kappa shape index (κ3) is 4.57. The summed E-state index contributed by atoms with van der Waals surface area (Å²) in [6.45, 7) is 0. The fourth-order valence-corrected chi connectivity index (χ4v) is 8.02. The molecule has 7 aromatic carbocycles. The number of nitrogens with zero attached hydrogens (tertiary/aromatic N) is 2. The van der Waals surface area contributed by atoms with Crippen LogP contribution in [0.15, 0.2) is 182 Å². The van der Waals surface area contributed by atoms with Gasteiger partial charge in [0.15, 0.2) is 0 Å². The molecule has 2 heterocycles. The molecule has 9 aromatic rings. The average molecular weight is 639 g/mol. The molecule has 0 atom stereocenters. The van der Waals surface area contributed by atoms with Crippen molar-refractivity contribution in [1.29, 1.82) is 0 Å². The van der Waals surface area contributed by atoms with E-state index in [4.69, 9.17) is 0 Å². The number of fused-ring (bicyclic) bond motifs is 7. The van der Waals surface area contributed by atoms with E-state index in [0.29, 0.717) is 0 Å². The molecule has 0 bridgehead atoms. The van der Waals surface area contributed by atoms with Gasteiger partial charge in [0, 0.05) is 32.9 Å². The standard InChI is InChI=1S/C48H34N2/c1-3-12-33(13-4-1)35-22-24-37(25-23-35)38-16-11-17-40(32-38)50-44-21-10-8-19-42(44)48-46(50)31-30-45-47(48)41-18-7-9-20-43(41)49(45)39-28-26-36(27-29-39)34-14-5-2-6-15-34/h2-3,5-32H,1,4H2. The van der Waals surface area contributed by atoms with Gasteiger partial charge in [0.2, 0.25) is 0 Å². The fourth-order valence-electron chi connectivity index (χ4n) is 8.02. The summed E-state index contributed by atoms with van der Waals surface area (Å²) in [6, 6.07) is 59.9. The second-order valence-corrected chi connectivity index (χ2v) is 13.2. The van der Waals surface area contributed by atoms with Crippen LogP contribution in [0.4, 0.5) is 0 Å². The van der Waals surface area contributed by atoms with Gasteiger partial charge in [-0.1, -0.05) is 133 Å². The minimum atomic E-state index is 1.11. The van der Waals surface area contributed by atoms with E-state index in [-0.39, 0.29) is 0 Å². The van der Waals surface area contributed by atoms with Crippen LogP contribution in [0, 0.1) is 0 Å². The van der Waals surface area contributed by atoms with Crippen molar-refractivity contribution in [3.05, 3.63) is 188 Å². The monoisotopic (exact) mass is 638 g/mol. The fraction of sp³-hybridized carbons (Fsp3) is 0.0417. The van der Waals surface area contributed by atoms with E-state index in [9.17, 15) is 0 Å². The molecule has 0 fully saturated rings. The Hall–Kier alpha value is -6.38. The zero-order valence-electron chi connectivity index (χ0n) is 27.6. The Bertz CT molecular complexity index is 2770. The molecule has 2 nitrogen and oxygen atoms in total. The summed E-state index contributed by atoms with van der Waals surface area (Å²) in [4.78, 5) is 0. The maximum Gasteiger partial charge on any atom is 0.0548 e. The lowest BCUT2D eigenvalue weighted by molar-refractivity contribution is 1.04. The van der Waals surface area contributed by atoms with Gasteiger partial charge in [0.05, 0.1) is 22.1 Å². The molecular formula is C48H34N2. The van der Waals surface area contributed by atoms with Crippen LogP contribution in [0.2, 0.25) is 0 Å². The Balaban J connectivity index is 1.15.